The number of aromatic amines is 1. The van der Waals surface area contributed by atoms with Crippen LogP contribution >= 0.6 is 0 Å². The molecule has 0 saturated carbocycles. The number of nitrogens with one attached hydrogen (secondary N) is 1. The second kappa shape index (κ2) is 6.25. The molecule has 1 amide bonds. The van der Waals surface area contributed by atoms with E-state index >= 15 is 0 Å². The molecule has 1 fully saturated rings. The van der Waals surface area contributed by atoms with Crippen molar-refractivity contribution in [2.75, 3.05) is 19.8 Å². The molecule has 8 nitrogen and oxygen atoms in total. The largest absolute Gasteiger partial charge is 0.377 e. The summed E-state index contributed by atoms with van der Waals surface area (Å²) < 4.78 is 7.31. The highest BCUT2D eigenvalue weighted by Gasteiger charge is 2.30. The molecule has 1 unspecified atom stereocenters. The van der Waals surface area contributed by atoms with E-state index in [1.165, 1.54) is 0 Å². The fourth-order valence-corrected chi connectivity index (χ4v) is 2.78. The van der Waals surface area contributed by atoms with Crippen LogP contribution in [0.15, 0.2) is 49.3 Å². The number of pyridine rings is 1. The van der Waals surface area contributed by atoms with Gasteiger partial charge in [-0.15, -0.1) is 0 Å². The van der Waals surface area contributed by atoms with Crippen molar-refractivity contribution in [1.29, 1.82) is 0 Å². The van der Waals surface area contributed by atoms with Gasteiger partial charge in [-0.05, 0) is 18.2 Å². The van der Waals surface area contributed by atoms with Crippen LogP contribution in [0.2, 0.25) is 0 Å². The van der Waals surface area contributed by atoms with Crippen LogP contribution in [0.1, 0.15) is 22.1 Å². The molecule has 1 atom stereocenters. The number of hydrogen-bond acceptors (Lipinski definition) is 5. The van der Waals surface area contributed by atoms with Gasteiger partial charge in [0.15, 0.2) is 0 Å². The molecule has 1 N–H and O–H groups in total. The molecule has 0 bridgehead atoms. The van der Waals surface area contributed by atoms with E-state index in [4.69, 9.17) is 4.74 Å². The van der Waals surface area contributed by atoms with Gasteiger partial charge in [0.25, 0.3) is 5.91 Å². The number of rotatable bonds is 3. The minimum absolute atomic E-state index is 0.0671. The second-order valence-corrected chi connectivity index (χ2v) is 5.48. The van der Waals surface area contributed by atoms with E-state index in [1.54, 1.807) is 52.7 Å². The van der Waals surface area contributed by atoms with Crippen LogP contribution in [0.3, 0.4) is 0 Å². The number of morpholine rings is 1. The fourth-order valence-electron chi connectivity index (χ4n) is 2.78. The van der Waals surface area contributed by atoms with E-state index in [1.807, 2.05) is 6.07 Å². The van der Waals surface area contributed by atoms with Crippen molar-refractivity contribution in [3.8, 4) is 5.82 Å². The summed E-state index contributed by atoms with van der Waals surface area (Å²) >= 11 is 0. The monoisotopic (exact) mass is 324 g/mol. The van der Waals surface area contributed by atoms with Crippen molar-refractivity contribution in [2.24, 2.45) is 0 Å². The lowest BCUT2D eigenvalue weighted by Crippen LogP contribution is -2.43. The molecule has 122 valence electrons. The number of amides is 1. The van der Waals surface area contributed by atoms with Crippen molar-refractivity contribution < 1.29 is 9.53 Å². The Morgan fingerprint density at radius 3 is 2.96 bits per heavy atom. The van der Waals surface area contributed by atoms with Gasteiger partial charge in [0.1, 0.15) is 12.1 Å². The Hall–Kier alpha value is -3.00. The summed E-state index contributed by atoms with van der Waals surface area (Å²) in [5, 5.41) is 6.89. The summed E-state index contributed by atoms with van der Waals surface area (Å²) in [5.41, 5.74) is 1.41. The van der Waals surface area contributed by atoms with Crippen LogP contribution in [-0.4, -0.2) is 55.3 Å². The normalized spacial score (nSPS) is 17.8. The van der Waals surface area contributed by atoms with Crippen LogP contribution < -0.4 is 0 Å². The minimum atomic E-state index is -0.165. The number of nitrogens with zero attached hydrogens (tertiary/aromatic N) is 5. The summed E-state index contributed by atoms with van der Waals surface area (Å²) in [6.45, 7) is 1.51. The third-order valence-electron chi connectivity index (χ3n) is 4.03. The Bertz CT molecular complexity index is 798. The van der Waals surface area contributed by atoms with Gasteiger partial charge in [0, 0.05) is 31.3 Å². The maximum absolute atomic E-state index is 12.9. The molecule has 3 aromatic rings. The Morgan fingerprint density at radius 2 is 2.25 bits per heavy atom. The second-order valence-electron chi connectivity index (χ2n) is 5.48. The first-order valence-electron chi connectivity index (χ1n) is 7.65. The third kappa shape index (κ3) is 2.67. The van der Waals surface area contributed by atoms with Crippen molar-refractivity contribution in [1.82, 2.24) is 29.6 Å². The molecule has 1 aliphatic rings. The zero-order valence-electron chi connectivity index (χ0n) is 12.9. The number of carbonyl (C=O) groups is 1. The lowest BCUT2D eigenvalue weighted by molar-refractivity contribution is -0.00393. The maximum Gasteiger partial charge on any atom is 0.256 e. The topological polar surface area (TPSA) is 88.9 Å². The smallest absolute Gasteiger partial charge is 0.256 e. The van der Waals surface area contributed by atoms with Gasteiger partial charge < -0.3 is 9.64 Å². The number of aromatic nitrogens is 5. The van der Waals surface area contributed by atoms with Crippen LogP contribution in [0.4, 0.5) is 0 Å². The molecule has 3 aromatic heterocycles. The molecule has 1 saturated heterocycles. The highest BCUT2D eigenvalue weighted by molar-refractivity contribution is 5.94. The van der Waals surface area contributed by atoms with Crippen molar-refractivity contribution >= 4 is 5.91 Å². The maximum atomic E-state index is 12.9. The molecular formula is C16H16N6O2. The Morgan fingerprint density at radius 1 is 1.29 bits per heavy atom. The molecule has 4 rings (SSSR count). The van der Waals surface area contributed by atoms with E-state index in [2.05, 4.69) is 20.2 Å². The minimum Gasteiger partial charge on any atom is -0.377 e. The van der Waals surface area contributed by atoms with Crippen LogP contribution in [0.5, 0.6) is 0 Å². The van der Waals surface area contributed by atoms with Gasteiger partial charge >= 0.3 is 0 Å². The molecule has 4 heterocycles. The molecular weight excluding hydrogens is 308 g/mol. The molecule has 8 heteroatoms. The molecule has 0 spiro atoms. The average molecular weight is 324 g/mol. The molecule has 24 heavy (non-hydrogen) atoms. The van der Waals surface area contributed by atoms with E-state index in [9.17, 15) is 4.79 Å². The third-order valence-corrected chi connectivity index (χ3v) is 4.03. The number of carbonyl (C=O) groups excluding carboxylic acids is 1. The first-order chi connectivity index (χ1) is 11.8. The lowest BCUT2D eigenvalue weighted by atomic mass is 10.1. The highest BCUT2D eigenvalue weighted by atomic mass is 16.5. The molecule has 0 aliphatic carbocycles. The Labute approximate surface area is 138 Å². The van der Waals surface area contributed by atoms with E-state index in [-0.39, 0.29) is 11.9 Å². The number of ether oxygens (including phenoxy) is 1. The summed E-state index contributed by atoms with van der Waals surface area (Å²) in [7, 11) is 0. The van der Waals surface area contributed by atoms with Crippen LogP contribution in [0, 0.1) is 0 Å². The van der Waals surface area contributed by atoms with Gasteiger partial charge in [0.2, 0.25) is 0 Å². The number of H-pyrrole nitrogens is 1. The predicted molar refractivity (Wildman–Crippen MR) is 84.5 cm³/mol. The lowest BCUT2D eigenvalue weighted by Gasteiger charge is -2.34. The van der Waals surface area contributed by atoms with Crippen LogP contribution in [-0.2, 0) is 4.74 Å². The quantitative estimate of drug-likeness (QED) is 0.782. The summed E-state index contributed by atoms with van der Waals surface area (Å²) in [6, 6.07) is 5.28. The summed E-state index contributed by atoms with van der Waals surface area (Å²) in [5.74, 6) is 0.652. The SMILES string of the molecule is O=C(c1ccc(-n2ccnc2)nc1)N1CCOCC1c1ccn[nH]1. The average Bonchev–Trinajstić information content (AvgIpc) is 3.35. The molecule has 0 aromatic carbocycles. The first-order valence-corrected chi connectivity index (χ1v) is 7.65. The Balaban J connectivity index is 1.57. The van der Waals surface area contributed by atoms with Gasteiger partial charge in [-0.3, -0.25) is 14.5 Å². The van der Waals surface area contributed by atoms with Crippen molar-refractivity contribution in [3.63, 3.8) is 0 Å². The Kier molecular flexibility index (Phi) is 3.80. The zero-order chi connectivity index (χ0) is 16.4. The van der Waals surface area contributed by atoms with E-state index in [0.717, 1.165) is 11.5 Å². The molecule has 1 aliphatic heterocycles. The van der Waals surface area contributed by atoms with Gasteiger partial charge in [0.05, 0.1) is 30.5 Å². The van der Waals surface area contributed by atoms with Gasteiger partial charge in [-0.2, -0.15) is 5.10 Å². The van der Waals surface area contributed by atoms with Crippen molar-refractivity contribution in [2.45, 2.75) is 6.04 Å². The highest BCUT2D eigenvalue weighted by Crippen LogP contribution is 2.24. The van der Waals surface area contributed by atoms with E-state index < -0.39 is 0 Å². The summed E-state index contributed by atoms with van der Waals surface area (Å²) in [4.78, 5) is 23.0. The summed E-state index contributed by atoms with van der Waals surface area (Å²) in [6.07, 6.45) is 8.43. The van der Waals surface area contributed by atoms with Gasteiger partial charge in [-0.25, -0.2) is 9.97 Å². The zero-order valence-corrected chi connectivity index (χ0v) is 12.9. The predicted octanol–water partition coefficient (Wildman–Crippen LogP) is 1.20. The van der Waals surface area contributed by atoms with Crippen LogP contribution in [0.25, 0.3) is 5.82 Å². The first kappa shape index (κ1) is 14.6. The van der Waals surface area contributed by atoms with Gasteiger partial charge in [-0.1, -0.05) is 0 Å². The molecule has 0 radical (unpaired) electrons. The van der Waals surface area contributed by atoms with Crippen molar-refractivity contribution in [3.05, 3.63) is 60.6 Å². The number of hydrogen-bond donors (Lipinski definition) is 1. The standard InChI is InChI=1S/C16H16N6O2/c23-16(12-1-2-15(18-9-12)21-6-5-17-11-21)22-7-8-24-10-14(22)13-3-4-19-20-13/h1-6,9,11,14H,7-8,10H2,(H,19,20). The number of imidazole rings is 1. The fraction of sp³-hybridized carbons (Fsp3) is 0.250. The van der Waals surface area contributed by atoms with E-state index in [0.29, 0.717) is 25.3 Å².